The minimum atomic E-state index is 0.553. The monoisotopic (exact) mass is 557 g/mol. The molecule has 3 saturated heterocycles. The molecule has 1 saturated carbocycles. The van der Waals surface area contributed by atoms with Gasteiger partial charge in [0.1, 0.15) is 11.6 Å². The molecule has 0 atom stereocenters. The van der Waals surface area contributed by atoms with Gasteiger partial charge in [-0.2, -0.15) is 9.97 Å². The summed E-state index contributed by atoms with van der Waals surface area (Å²) in [6, 6.07) is 1.93. The molecule has 40 heavy (non-hydrogen) atoms. The minimum absolute atomic E-state index is 0.553. The zero-order chi connectivity index (χ0) is 27.4. The van der Waals surface area contributed by atoms with Crippen LogP contribution in [-0.4, -0.2) is 130 Å². The first kappa shape index (κ1) is 29.8. The van der Waals surface area contributed by atoms with Crippen molar-refractivity contribution in [2.45, 2.75) is 51.4 Å². The normalized spacial score (nSPS) is 25.8. The minimum Gasteiger partial charge on any atom is -0.383 e. The lowest BCUT2D eigenvalue weighted by Gasteiger charge is -2.37. The number of morpholine rings is 1. The Hall–Kier alpha value is -1.72. The molecule has 1 aromatic heterocycles. The molecule has 4 N–H and O–H groups in total. The number of aromatic nitrogens is 2. The number of hydrogen-bond acceptors (Lipinski definition) is 10. The molecule has 0 radical (unpaired) electrons. The van der Waals surface area contributed by atoms with Crippen LogP contribution in [0.1, 0.15) is 51.4 Å². The number of hydrogen-bond donors (Lipinski definition) is 3. The quantitative estimate of drug-likeness (QED) is 0.313. The molecule has 3 aliphatic heterocycles. The van der Waals surface area contributed by atoms with Gasteiger partial charge in [0.2, 0.25) is 5.95 Å². The summed E-state index contributed by atoms with van der Waals surface area (Å²) in [5.41, 5.74) is 6.21. The van der Waals surface area contributed by atoms with Crippen molar-refractivity contribution >= 4 is 17.6 Å². The molecule has 1 aromatic rings. The average Bonchev–Trinajstić information content (AvgIpc) is 3.00. The van der Waals surface area contributed by atoms with E-state index in [1.807, 2.05) is 6.07 Å². The Morgan fingerprint density at radius 1 is 0.750 bits per heavy atom. The third-order valence-corrected chi connectivity index (χ3v) is 9.49. The number of piperidine rings is 1. The standard InChI is InChI=1S/C30H55N9O/c31-28-23-29(39-17-15-37(16-18-39)13-14-38-19-21-40-22-20-38)35-30(34-28)33-25-27-7-5-26(6-8-27)24-32-9-4-12-36-10-2-1-3-11-36/h23,26-27,32H,1-22,24-25H2,(H3,31,33,34,35). The molecule has 0 unspecified atom stereocenters. The Bertz CT molecular complexity index is 846. The fourth-order valence-electron chi connectivity index (χ4n) is 6.79. The summed E-state index contributed by atoms with van der Waals surface area (Å²) >= 11 is 0. The molecule has 10 heteroatoms. The Labute approximate surface area is 242 Å². The zero-order valence-corrected chi connectivity index (χ0v) is 24.9. The van der Waals surface area contributed by atoms with Crippen molar-refractivity contribution in [3.05, 3.63) is 6.07 Å². The Balaban J connectivity index is 0.956. The molecule has 4 aliphatic rings. The van der Waals surface area contributed by atoms with Gasteiger partial charge in [-0.25, -0.2) is 0 Å². The van der Waals surface area contributed by atoms with Crippen LogP contribution in [0.3, 0.4) is 0 Å². The molecular formula is C30H55N9O. The largest absolute Gasteiger partial charge is 0.383 e. The van der Waals surface area contributed by atoms with Gasteiger partial charge in [0, 0.05) is 65.0 Å². The molecule has 0 spiro atoms. The lowest BCUT2D eigenvalue weighted by molar-refractivity contribution is 0.0331. The van der Waals surface area contributed by atoms with E-state index in [2.05, 4.69) is 35.2 Å². The van der Waals surface area contributed by atoms with E-state index in [0.717, 1.165) is 90.4 Å². The van der Waals surface area contributed by atoms with Gasteiger partial charge in [-0.05, 0) is 89.5 Å². The maximum absolute atomic E-state index is 6.21. The zero-order valence-electron chi connectivity index (χ0n) is 24.9. The van der Waals surface area contributed by atoms with Crippen LogP contribution < -0.4 is 21.3 Å². The van der Waals surface area contributed by atoms with Crippen LogP contribution in [0, 0.1) is 11.8 Å². The van der Waals surface area contributed by atoms with Gasteiger partial charge in [-0.15, -0.1) is 0 Å². The second-order valence-electron chi connectivity index (χ2n) is 12.5. The molecule has 4 fully saturated rings. The number of nitrogens with zero attached hydrogens (tertiary/aromatic N) is 6. The smallest absolute Gasteiger partial charge is 0.226 e. The van der Waals surface area contributed by atoms with Gasteiger partial charge in [0.25, 0.3) is 0 Å². The second kappa shape index (κ2) is 16.1. The van der Waals surface area contributed by atoms with Crippen LogP contribution >= 0.6 is 0 Å². The van der Waals surface area contributed by atoms with Crippen LogP contribution in [0.2, 0.25) is 0 Å². The van der Waals surface area contributed by atoms with Crippen molar-refractivity contribution < 1.29 is 4.74 Å². The number of likely N-dealkylation sites (tertiary alicyclic amines) is 1. The highest BCUT2D eigenvalue weighted by Crippen LogP contribution is 2.29. The second-order valence-corrected chi connectivity index (χ2v) is 12.5. The number of nitrogens with two attached hydrogens (primary N) is 1. The first-order chi connectivity index (χ1) is 19.7. The predicted molar refractivity (Wildman–Crippen MR) is 164 cm³/mol. The number of ether oxygens (including phenoxy) is 1. The fraction of sp³-hybridized carbons (Fsp3) is 0.867. The summed E-state index contributed by atoms with van der Waals surface area (Å²) in [6.07, 6.45) is 10.7. The van der Waals surface area contributed by atoms with Crippen molar-refractivity contribution in [2.24, 2.45) is 11.8 Å². The van der Waals surface area contributed by atoms with Gasteiger partial charge in [0.15, 0.2) is 0 Å². The summed E-state index contributed by atoms with van der Waals surface area (Å²) < 4.78 is 5.47. The van der Waals surface area contributed by atoms with Crippen molar-refractivity contribution in [3.8, 4) is 0 Å². The van der Waals surface area contributed by atoms with Crippen LogP contribution in [0.5, 0.6) is 0 Å². The summed E-state index contributed by atoms with van der Waals surface area (Å²) in [7, 11) is 0. The van der Waals surface area contributed by atoms with Crippen LogP contribution in [-0.2, 0) is 4.74 Å². The van der Waals surface area contributed by atoms with Crippen molar-refractivity contribution in [3.63, 3.8) is 0 Å². The van der Waals surface area contributed by atoms with E-state index in [-0.39, 0.29) is 0 Å². The number of nitrogen functional groups attached to an aromatic ring is 1. The van der Waals surface area contributed by atoms with E-state index in [1.165, 1.54) is 77.5 Å². The van der Waals surface area contributed by atoms with Crippen LogP contribution in [0.25, 0.3) is 0 Å². The number of anilines is 3. The molecule has 226 valence electrons. The number of nitrogens with one attached hydrogen (secondary N) is 2. The number of rotatable bonds is 13. The van der Waals surface area contributed by atoms with E-state index in [9.17, 15) is 0 Å². The molecular weight excluding hydrogens is 502 g/mol. The predicted octanol–water partition coefficient (Wildman–Crippen LogP) is 2.20. The molecule has 10 nitrogen and oxygen atoms in total. The number of piperazine rings is 1. The Morgan fingerprint density at radius 2 is 1.40 bits per heavy atom. The molecule has 0 bridgehead atoms. The SMILES string of the molecule is Nc1cc(N2CCN(CCN3CCOCC3)CC2)nc(NCC2CCC(CNCCCN3CCCCC3)CC2)n1. The average molecular weight is 558 g/mol. The molecule has 4 heterocycles. The third-order valence-electron chi connectivity index (χ3n) is 9.49. The van der Waals surface area contributed by atoms with Crippen LogP contribution in [0.4, 0.5) is 17.6 Å². The van der Waals surface area contributed by atoms with Crippen molar-refractivity contribution in [1.82, 2.24) is 30.0 Å². The maximum atomic E-state index is 6.21. The highest BCUT2D eigenvalue weighted by Gasteiger charge is 2.23. The highest BCUT2D eigenvalue weighted by molar-refractivity contribution is 5.51. The summed E-state index contributed by atoms with van der Waals surface area (Å²) in [5, 5.41) is 7.28. The topological polar surface area (TPSA) is 98.0 Å². The van der Waals surface area contributed by atoms with E-state index < -0.39 is 0 Å². The Morgan fingerprint density at radius 3 is 2.12 bits per heavy atom. The highest BCUT2D eigenvalue weighted by atomic mass is 16.5. The van der Waals surface area contributed by atoms with Crippen molar-refractivity contribution in [1.29, 1.82) is 0 Å². The first-order valence-corrected chi connectivity index (χ1v) is 16.3. The van der Waals surface area contributed by atoms with Gasteiger partial charge in [0.05, 0.1) is 13.2 Å². The molecule has 1 aliphatic carbocycles. The van der Waals surface area contributed by atoms with E-state index in [4.69, 9.17) is 15.5 Å². The summed E-state index contributed by atoms with van der Waals surface area (Å²) in [4.78, 5) is 19.5. The van der Waals surface area contributed by atoms with E-state index >= 15 is 0 Å². The molecule has 0 aromatic carbocycles. The molecule has 0 amide bonds. The fourth-order valence-corrected chi connectivity index (χ4v) is 6.79. The summed E-state index contributed by atoms with van der Waals surface area (Å²) in [6.45, 7) is 17.4. The van der Waals surface area contributed by atoms with E-state index in [1.54, 1.807) is 0 Å². The van der Waals surface area contributed by atoms with Gasteiger partial charge in [-0.1, -0.05) is 6.42 Å². The van der Waals surface area contributed by atoms with Crippen molar-refractivity contribution in [2.75, 3.05) is 121 Å². The lowest BCUT2D eigenvalue weighted by atomic mass is 9.82. The summed E-state index contributed by atoms with van der Waals surface area (Å²) in [5.74, 6) is 3.71. The first-order valence-electron chi connectivity index (χ1n) is 16.3. The Kier molecular flexibility index (Phi) is 11.9. The van der Waals surface area contributed by atoms with Gasteiger partial charge in [-0.3, -0.25) is 9.80 Å². The van der Waals surface area contributed by atoms with Gasteiger partial charge >= 0.3 is 0 Å². The van der Waals surface area contributed by atoms with Crippen LogP contribution in [0.15, 0.2) is 6.07 Å². The third kappa shape index (κ3) is 9.69. The lowest BCUT2D eigenvalue weighted by Crippen LogP contribution is -2.49. The van der Waals surface area contributed by atoms with Gasteiger partial charge < -0.3 is 30.9 Å². The molecule has 5 rings (SSSR count). The maximum Gasteiger partial charge on any atom is 0.226 e. The van der Waals surface area contributed by atoms with E-state index in [0.29, 0.717) is 17.7 Å².